The standard InChI is InChI=1S/C22H20N6O7/c1-34-17-5-2-14(3-6-17)24-20(29)11-26-10-15(9-23-26)25-21(30)12-27-18-8-16(28(32)33)4-7-19(18)35-13-22(27)31/h2-10H,11-13H2,1H3,(H,24,29)(H,25,30). The van der Waals surface area contributed by atoms with E-state index >= 15 is 0 Å². The number of benzene rings is 2. The summed E-state index contributed by atoms with van der Waals surface area (Å²) in [7, 11) is 1.55. The molecule has 180 valence electrons. The number of hydrogen-bond donors (Lipinski definition) is 2. The maximum absolute atomic E-state index is 12.6. The van der Waals surface area contributed by atoms with Crippen LogP contribution in [0, 0.1) is 10.1 Å². The number of nitrogens with one attached hydrogen (secondary N) is 2. The van der Waals surface area contributed by atoms with Gasteiger partial charge in [-0.3, -0.25) is 34.1 Å². The number of carbonyl (C=O) groups is 3. The van der Waals surface area contributed by atoms with Gasteiger partial charge in [0.25, 0.3) is 11.6 Å². The number of hydrogen-bond acceptors (Lipinski definition) is 8. The van der Waals surface area contributed by atoms with Crippen molar-refractivity contribution in [1.82, 2.24) is 9.78 Å². The molecular formula is C22H20N6O7. The van der Waals surface area contributed by atoms with E-state index in [2.05, 4.69) is 15.7 Å². The van der Waals surface area contributed by atoms with E-state index in [1.165, 1.54) is 35.3 Å². The third kappa shape index (κ3) is 5.52. The second-order valence-corrected chi connectivity index (χ2v) is 7.43. The van der Waals surface area contributed by atoms with Gasteiger partial charge in [-0.15, -0.1) is 0 Å². The Morgan fingerprint density at radius 1 is 1.11 bits per heavy atom. The van der Waals surface area contributed by atoms with Gasteiger partial charge in [0.05, 0.1) is 29.6 Å². The molecule has 3 amide bonds. The Balaban J connectivity index is 1.36. The van der Waals surface area contributed by atoms with Gasteiger partial charge < -0.3 is 20.1 Å². The number of ether oxygens (including phenoxy) is 2. The predicted molar refractivity (Wildman–Crippen MR) is 123 cm³/mol. The largest absolute Gasteiger partial charge is 0.497 e. The number of aromatic nitrogens is 2. The molecule has 0 saturated carbocycles. The summed E-state index contributed by atoms with van der Waals surface area (Å²) in [4.78, 5) is 48.8. The molecule has 0 aliphatic carbocycles. The third-order valence-electron chi connectivity index (χ3n) is 4.99. The number of fused-ring (bicyclic) bond motifs is 1. The van der Waals surface area contributed by atoms with Crippen molar-refractivity contribution < 1.29 is 28.8 Å². The maximum atomic E-state index is 12.6. The van der Waals surface area contributed by atoms with Crippen molar-refractivity contribution in [2.24, 2.45) is 0 Å². The molecule has 0 bridgehead atoms. The lowest BCUT2D eigenvalue weighted by Gasteiger charge is -2.28. The molecule has 1 aromatic heterocycles. The number of carbonyl (C=O) groups excluding carboxylic acids is 3. The normalized spacial score (nSPS) is 12.4. The number of nitro groups is 1. The molecular weight excluding hydrogens is 460 g/mol. The highest BCUT2D eigenvalue weighted by Crippen LogP contribution is 2.35. The molecule has 2 heterocycles. The van der Waals surface area contributed by atoms with E-state index in [1.807, 2.05) is 0 Å². The molecule has 0 atom stereocenters. The molecule has 2 aromatic carbocycles. The van der Waals surface area contributed by atoms with E-state index in [1.54, 1.807) is 31.4 Å². The van der Waals surface area contributed by atoms with Crippen LogP contribution in [0.1, 0.15) is 0 Å². The zero-order chi connectivity index (χ0) is 24.9. The van der Waals surface area contributed by atoms with E-state index < -0.39 is 16.7 Å². The van der Waals surface area contributed by atoms with E-state index in [4.69, 9.17) is 9.47 Å². The second kappa shape index (κ2) is 9.91. The van der Waals surface area contributed by atoms with E-state index in [9.17, 15) is 24.5 Å². The van der Waals surface area contributed by atoms with E-state index in [0.717, 1.165) is 4.90 Å². The fraction of sp³-hybridized carbons (Fsp3) is 0.182. The van der Waals surface area contributed by atoms with Gasteiger partial charge in [-0.25, -0.2) is 0 Å². The van der Waals surface area contributed by atoms with Gasteiger partial charge in [-0.05, 0) is 30.3 Å². The Kier molecular flexibility index (Phi) is 6.57. The molecule has 13 nitrogen and oxygen atoms in total. The van der Waals surface area contributed by atoms with Gasteiger partial charge in [-0.2, -0.15) is 5.10 Å². The first-order valence-corrected chi connectivity index (χ1v) is 10.3. The first-order chi connectivity index (χ1) is 16.8. The lowest BCUT2D eigenvalue weighted by atomic mass is 10.2. The van der Waals surface area contributed by atoms with Crippen molar-refractivity contribution in [2.45, 2.75) is 6.54 Å². The highest BCUT2D eigenvalue weighted by molar-refractivity contribution is 6.05. The highest BCUT2D eigenvalue weighted by Gasteiger charge is 2.29. The average Bonchev–Trinajstić information content (AvgIpc) is 3.27. The molecule has 1 aliphatic heterocycles. The van der Waals surface area contributed by atoms with Crippen molar-refractivity contribution in [2.75, 3.05) is 35.8 Å². The van der Waals surface area contributed by atoms with Crippen molar-refractivity contribution in [3.8, 4) is 11.5 Å². The summed E-state index contributed by atoms with van der Waals surface area (Å²) in [6.45, 7) is -0.778. The molecule has 4 rings (SSSR count). The smallest absolute Gasteiger partial charge is 0.271 e. The number of nitrogens with zero attached hydrogens (tertiary/aromatic N) is 4. The monoisotopic (exact) mass is 480 g/mol. The van der Waals surface area contributed by atoms with Gasteiger partial charge in [0.1, 0.15) is 24.6 Å². The van der Waals surface area contributed by atoms with Crippen LogP contribution in [0.4, 0.5) is 22.7 Å². The summed E-state index contributed by atoms with van der Waals surface area (Å²) in [5, 5.41) is 20.5. The second-order valence-electron chi connectivity index (χ2n) is 7.43. The molecule has 13 heteroatoms. The number of non-ortho nitro benzene ring substituents is 1. The minimum absolute atomic E-state index is 0.0963. The summed E-state index contributed by atoms with van der Waals surface area (Å²) in [5.41, 5.74) is 0.803. The van der Waals surface area contributed by atoms with Crippen molar-refractivity contribution in [3.05, 3.63) is 65.0 Å². The molecule has 35 heavy (non-hydrogen) atoms. The number of methoxy groups -OCH3 is 1. The minimum Gasteiger partial charge on any atom is -0.497 e. The SMILES string of the molecule is COc1ccc(NC(=O)Cn2cc(NC(=O)CN3C(=O)COc4ccc([N+](=O)[O-])cc43)cn2)cc1. The summed E-state index contributed by atoms with van der Waals surface area (Å²) in [6, 6.07) is 10.6. The van der Waals surface area contributed by atoms with Gasteiger partial charge >= 0.3 is 0 Å². The number of amides is 3. The lowest BCUT2D eigenvalue weighted by molar-refractivity contribution is -0.384. The Labute approximate surface area is 198 Å². The number of anilines is 3. The van der Waals surface area contributed by atoms with Crippen LogP contribution in [0.25, 0.3) is 0 Å². The van der Waals surface area contributed by atoms with Crippen LogP contribution in [0.5, 0.6) is 11.5 Å². The number of rotatable bonds is 8. The van der Waals surface area contributed by atoms with Crippen molar-refractivity contribution >= 4 is 40.5 Å². The Morgan fingerprint density at radius 3 is 2.54 bits per heavy atom. The lowest BCUT2D eigenvalue weighted by Crippen LogP contribution is -2.43. The van der Waals surface area contributed by atoms with E-state index in [-0.39, 0.29) is 42.7 Å². The fourth-order valence-electron chi connectivity index (χ4n) is 3.36. The summed E-state index contributed by atoms with van der Waals surface area (Å²) < 4.78 is 11.7. The van der Waals surface area contributed by atoms with Gasteiger partial charge in [0.2, 0.25) is 11.8 Å². The quantitative estimate of drug-likeness (QED) is 0.365. The minimum atomic E-state index is -0.600. The summed E-state index contributed by atoms with van der Waals surface area (Å²) in [6.07, 6.45) is 2.82. The van der Waals surface area contributed by atoms with Crippen LogP contribution in [0.15, 0.2) is 54.9 Å². The molecule has 3 aromatic rings. The summed E-state index contributed by atoms with van der Waals surface area (Å²) in [5.74, 6) is -0.470. The zero-order valence-corrected chi connectivity index (χ0v) is 18.5. The van der Waals surface area contributed by atoms with Crippen molar-refractivity contribution in [1.29, 1.82) is 0 Å². The van der Waals surface area contributed by atoms with Crippen LogP contribution >= 0.6 is 0 Å². The third-order valence-corrected chi connectivity index (χ3v) is 4.99. The number of nitro benzene ring substituents is 1. The average molecular weight is 480 g/mol. The first-order valence-electron chi connectivity index (χ1n) is 10.3. The Hall–Kier alpha value is -4.94. The van der Waals surface area contributed by atoms with E-state index in [0.29, 0.717) is 17.1 Å². The maximum Gasteiger partial charge on any atom is 0.271 e. The summed E-state index contributed by atoms with van der Waals surface area (Å²) >= 11 is 0. The molecule has 0 spiro atoms. The van der Waals surface area contributed by atoms with Gasteiger partial charge in [0, 0.05) is 24.0 Å². The fourth-order valence-corrected chi connectivity index (χ4v) is 3.36. The zero-order valence-electron chi connectivity index (χ0n) is 18.5. The molecule has 0 saturated heterocycles. The van der Waals surface area contributed by atoms with Crippen LogP contribution in [-0.2, 0) is 20.9 Å². The molecule has 0 radical (unpaired) electrons. The molecule has 0 unspecified atom stereocenters. The first kappa shape index (κ1) is 23.2. The van der Waals surface area contributed by atoms with Crippen molar-refractivity contribution in [3.63, 3.8) is 0 Å². The molecule has 2 N–H and O–H groups in total. The van der Waals surface area contributed by atoms with Gasteiger partial charge in [0.15, 0.2) is 6.61 Å². The molecule has 0 fully saturated rings. The van der Waals surface area contributed by atoms with Crippen LogP contribution in [0.3, 0.4) is 0 Å². The van der Waals surface area contributed by atoms with Gasteiger partial charge in [-0.1, -0.05) is 0 Å². The van der Waals surface area contributed by atoms with Crippen LogP contribution in [0.2, 0.25) is 0 Å². The Bertz CT molecular complexity index is 1290. The van der Waals surface area contributed by atoms with Crippen LogP contribution in [-0.4, -0.2) is 52.7 Å². The Morgan fingerprint density at radius 2 is 1.83 bits per heavy atom. The topological polar surface area (TPSA) is 158 Å². The molecule has 1 aliphatic rings. The predicted octanol–water partition coefficient (Wildman–Crippen LogP) is 1.80. The highest BCUT2D eigenvalue weighted by atomic mass is 16.6. The van der Waals surface area contributed by atoms with Crippen LogP contribution < -0.4 is 25.0 Å².